The summed E-state index contributed by atoms with van der Waals surface area (Å²) in [5, 5.41) is 0.848. The highest BCUT2D eigenvalue weighted by Gasteiger charge is 2.37. The van der Waals surface area contributed by atoms with E-state index in [-0.39, 0.29) is 0 Å². The molecular formula is C17H24BrCl. The maximum Gasteiger partial charge on any atom is 0.0408 e. The molecule has 0 nitrogen and oxygen atoms in total. The minimum atomic E-state index is 0.318. The fraction of sp³-hybridized carbons (Fsp3) is 0.647. The number of hydrogen-bond acceptors (Lipinski definition) is 0. The van der Waals surface area contributed by atoms with Gasteiger partial charge in [-0.15, -0.1) is 0 Å². The molecule has 0 amide bonds. The molecule has 1 aliphatic rings. The average molecular weight is 344 g/mol. The molecule has 0 radical (unpaired) electrons. The lowest BCUT2D eigenvalue weighted by molar-refractivity contribution is 0.147. The van der Waals surface area contributed by atoms with Crippen LogP contribution in [0, 0.1) is 17.3 Å². The van der Waals surface area contributed by atoms with Crippen molar-refractivity contribution in [2.75, 3.05) is 0 Å². The maximum atomic E-state index is 6.10. The van der Waals surface area contributed by atoms with Gasteiger partial charge in [0, 0.05) is 9.85 Å². The Balaban J connectivity index is 2.09. The minimum Gasteiger partial charge on any atom is -0.0887 e. The molecule has 1 saturated carbocycles. The van der Waals surface area contributed by atoms with Gasteiger partial charge >= 0.3 is 0 Å². The lowest BCUT2D eigenvalue weighted by Crippen LogP contribution is -2.37. The summed E-state index contributed by atoms with van der Waals surface area (Å²) in [6, 6.07) is 8.32. The molecule has 0 aliphatic heterocycles. The molecule has 1 fully saturated rings. The second kappa shape index (κ2) is 6.18. The highest BCUT2D eigenvalue weighted by atomic mass is 79.9. The molecule has 1 aliphatic carbocycles. The molecule has 3 unspecified atom stereocenters. The second-order valence-electron chi connectivity index (χ2n) is 6.84. The molecule has 0 saturated heterocycles. The fourth-order valence-electron chi connectivity index (χ4n) is 3.50. The molecule has 0 bridgehead atoms. The smallest absolute Gasteiger partial charge is 0.0408 e. The van der Waals surface area contributed by atoms with Crippen LogP contribution in [0.2, 0.25) is 5.02 Å². The van der Waals surface area contributed by atoms with Crippen LogP contribution in [0.1, 0.15) is 45.6 Å². The van der Waals surface area contributed by atoms with Crippen molar-refractivity contribution in [2.24, 2.45) is 17.3 Å². The molecule has 1 aromatic carbocycles. The number of rotatable bonds is 3. The normalized spacial score (nSPS) is 28.4. The van der Waals surface area contributed by atoms with Gasteiger partial charge in [-0.1, -0.05) is 66.9 Å². The van der Waals surface area contributed by atoms with Gasteiger partial charge in [-0.25, -0.2) is 0 Å². The topological polar surface area (TPSA) is 0 Å². The van der Waals surface area contributed by atoms with Crippen LogP contribution in [0.3, 0.4) is 0 Å². The standard InChI is InChI=1S/C17H24BrCl/c1-12-7-8-15(16(18)9-12)17(2,3)11-13-5-4-6-14(19)10-13/h4-6,10,12,15-16H,7-9,11H2,1-3H3. The van der Waals surface area contributed by atoms with Crippen LogP contribution in [0.15, 0.2) is 24.3 Å². The van der Waals surface area contributed by atoms with Crippen molar-refractivity contribution in [1.29, 1.82) is 0 Å². The Labute approximate surface area is 131 Å². The first-order valence-corrected chi connectivity index (χ1v) is 8.56. The maximum absolute atomic E-state index is 6.10. The number of halogens is 2. The van der Waals surface area contributed by atoms with Crippen molar-refractivity contribution in [2.45, 2.75) is 51.3 Å². The van der Waals surface area contributed by atoms with E-state index >= 15 is 0 Å². The van der Waals surface area contributed by atoms with E-state index < -0.39 is 0 Å². The Morgan fingerprint density at radius 3 is 2.68 bits per heavy atom. The van der Waals surface area contributed by atoms with E-state index in [1.807, 2.05) is 6.07 Å². The summed E-state index contributed by atoms with van der Waals surface area (Å²) < 4.78 is 0. The van der Waals surface area contributed by atoms with E-state index in [0.717, 1.165) is 23.3 Å². The zero-order chi connectivity index (χ0) is 14.0. The highest BCUT2D eigenvalue weighted by Crippen LogP contribution is 2.45. The average Bonchev–Trinajstić information content (AvgIpc) is 2.27. The first-order valence-electron chi connectivity index (χ1n) is 7.27. The Morgan fingerprint density at radius 2 is 2.05 bits per heavy atom. The van der Waals surface area contributed by atoms with Crippen LogP contribution < -0.4 is 0 Å². The highest BCUT2D eigenvalue weighted by molar-refractivity contribution is 9.09. The van der Waals surface area contributed by atoms with Gasteiger partial charge in [-0.2, -0.15) is 0 Å². The van der Waals surface area contributed by atoms with Crippen molar-refractivity contribution in [3.8, 4) is 0 Å². The largest absolute Gasteiger partial charge is 0.0887 e. The molecule has 2 rings (SSSR count). The quantitative estimate of drug-likeness (QED) is 0.581. The van der Waals surface area contributed by atoms with Crippen molar-refractivity contribution in [3.05, 3.63) is 34.9 Å². The van der Waals surface area contributed by atoms with Gasteiger partial charge in [-0.05, 0) is 54.2 Å². The van der Waals surface area contributed by atoms with E-state index in [4.69, 9.17) is 11.6 Å². The molecule has 2 heteroatoms. The fourth-order valence-corrected chi connectivity index (χ4v) is 5.33. The van der Waals surface area contributed by atoms with Crippen molar-refractivity contribution < 1.29 is 0 Å². The summed E-state index contributed by atoms with van der Waals surface area (Å²) in [5.74, 6) is 1.62. The van der Waals surface area contributed by atoms with Crippen molar-refractivity contribution >= 4 is 27.5 Å². The molecule has 0 N–H and O–H groups in total. The Bertz CT molecular complexity index is 427. The van der Waals surface area contributed by atoms with Gasteiger partial charge in [-0.3, -0.25) is 0 Å². The molecule has 0 heterocycles. The molecular weight excluding hydrogens is 320 g/mol. The van der Waals surface area contributed by atoms with Crippen LogP contribution in [0.25, 0.3) is 0 Å². The summed E-state index contributed by atoms with van der Waals surface area (Å²) in [6.07, 6.45) is 5.12. The Kier molecular flexibility index (Phi) is 5.00. The first kappa shape index (κ1) is 15.4. The van der Waals surface area contributed by atoms with E-state index in [0.29, 0.717) is 10.2 Å². The third-order valence-electron chi connectivity index (χ3n) is 4.59. The zero-order valence-corrected chi connectivity index (χ0v) is 14.5. The van der Waals surface area contributed by atoms with E-state index in [2.05, 4.69) is 54.9 Å². The van der Waals surface area contributed by atoms with Crippen molar-refractivity contribution in [3.63, 3.8) is 0 Å². The summed E-state index contributed by atoms with van der Waals surface area (Å²) in [6.45, 7) is 7.18. The van der Waals surface area contributed by atoms with Crippen molar-refractivity contribution in [1.82, 2.24) is 0 Å². The molecule has 0 spiro atoms. The summed E-state index contributed by atoms with van der Waals surface area (Å²) in [5.41, 5.74) is 1.68. The predicted molar refractivity (Wildman–Crippen MR) is 88.2 cm³/mol. The molecule has 106 valence electrons. The minimum absolute atomic E-state index is 0.318. The van der Waals surface area contributed by atoms with Gasteiger partial charge in [0.2, 0.25) is 0 Å². The second-order valence-corrected chi connectivity index (χ2v) is 8.45. The van der Waals surface area contributed by atoms with E-state index in [1.165, 1.54) is 24.8 Å². The lowest BCUT2D eigenvalue weighted by atomic mass is 9.66. The molecule has 3 atom stereocenters. The van der Waals surface area contributed by atoms with Gasteiger partial charge in [0.25, 0.3) is 0 Å². The molecule has 0 aromatic heterocycles. The number of benzene rings is 1. The van der Waals surface area contributed by atoms with Gasteiger partial charge in [0.05, 0.1) is 0 Å². The van der Waals surface area contributed by atoms with E-state index in [9.17, 15) is 0 Å². The zero-order valence-electron chi connectivity index (χ0n) is 12.1. The third kappa shape index (κ3) is 3.98. The van der Waals surface area contributed by atoms with Crippen LogP contribution in [0.4, 0.5) is 0 Å². The first-order chi connectivity index (χ1) is 8.88. The van der Waals surface area contributed by atoms with Crippen LogP contribution in [0.5, 0.6) is 0 Å². The number of hydrogen-bond donors (Lipinski definition) is 0. The number of alkyl halides is 1. The van der Waals surface area contributed by atoms with Crippen LogP contribution in [-0.4, -0.2) is 4.83 Å². The van der Waals surface area contributed by atoms with Gasteiger partial charge in [0.15, 0.2) is 0 Å². The van der Waals surface area contributed by atoms with Crippen LogP contribution >= 0.6 is 27.5 Å². The molecule has 19 heavy (non-hydrogen) atoms. The van der Waals surface area contributed by atoms with Gasteiger partial charge in [0.1, 0.15) is 0 Å². The molecule has 1 aromatic rings. The Hall–Kier alpha value is -0.0100. The third-order valence-corrected chi connectivity index (χ3v) is 5.83. The summed E-state index contributed by atoms with van der Waals surface area (Å²) in [7, 11) is 0. The van der Waals surface area contributed by atoms with Crippen LogP contribution in [-0.2, 0) is 6.42 Å². The monoisotopic (exact) mass is 342 g/mol. The summed E-state index contributed by atoms with van der Waals surface area (Å²) in [4.78, 5) is 0.658. The predicted octanol–water partition coefficient (Wildman–Crippen LogP) is 6.11. The van der Waals surface area contributed by atoms with E-state index in [1.54, 1.807) is 0 Å². The SMILES string of the molecule is CC1CCC(C(C)(C)Cc2cccc(Cl)c2)C(Br)C1. The Morgan fingerprint density at radius 1 is 1.32 bits per heavy atom. The van der Waals surface area contributed by atoms with Gasteiger partial charge < -0.3 is 0 Å². The summed E-state index contributed by atoms with van der Waals surface area (Å²) >= 11 is 10.0. The lowest BCUT2D eigenvalue weighted by Gasteiger charge is -2.42.